The molecule has 1 aliphatic rings. The third-order valence-corrected chi connectivity index (χ3v) is 4.54. The lowest BCUT2D eigenvalue weighted by atomic mass is 9.84. The molecule has 0 saturated heterocycles. The highest BCUT2D eigenvalue weighted by atomic mass is 16.5. The molecule has 0 aromatic heterocycles. The molecule has 0 bridgehead atoms. The van der Waals surface area contributed by atoms with E-state index in [1.807, 2.05) is 0 Å². The molecular weight excluding hydrogens is 246 g/mol. The topological polar surface area (TPSA) is 21.3 Å². The number of rotatable bonds is 7. The van der Waals surface area contributed by atoms with Crippen molar-refractivity contribution in [3.8, 4) is 0 Å². The van der Waals surface area contributed by atoms with Crippen LogP contribution in [0.1, 0.15) is 57.3 Å². The highest BCUT2D eigenvalue weighted by Gasteiger charge is 2.32. The van der Waals surface area contributed by atoms with E-state index in [1.54, 1.807) is 0 Å². The minimum absolute atomic E-state index is 0.219. The van der Waals surface area contributed by atoms with Crippen LogP contribution in [0, 0.1) is 5.92 Å². The Balaban J connectivity index is 2.24. The maximum Gasteiger partial charge on any atom is 0.0983 e. The van der Waals surface area contributed by atoms with Crippen LogP contribution in [-0.2, 0) is 11.2 Å². The SMILES string of the molecule is CCCNC(C(CC)CC)C1OCCc2ccccc21. The molecule has 0 saturated carbocycles. The first kappa shape index (κ1) is 15.5. The summed E-state index contributed by atoms with van der Waals surface area (Å²) in [4.78, 5) is 0. The number of nitrogens with one attached hydrogen (secondary N) is 1. The molecule has 1 N–H and O–H groups in total. The summed E-state index contributed by atoms with van der Waals surface area (Å²) >= 11 is 0. The van der Waals surface area contributed by atoms with Gasteiger partial charge in [0.05, 0.1) is 12.7 Å². The third-order valence-electron chi connectivity index (χ3n) is 4.54. The quantitative estimate of drug-likeness (QED) is 0.808. The van der Waals surface area contributed by atoms with Gasteiger partial charge >= 0.3 is 0 Å². The molecular formula is C18H29NO. The van der Waals surface area contributed by atoms with Crippen LogP contribution in [0.25, 0.3) is 0 Å². The summed E-state index contributed by atoms with van der Waals surface area (Å²) in [5, 5.41) is 3.76. The van der Waals surface area contributed by atoms with E-state index in [0.717, 1.165) is 19.6 Å². The average molecular weight is 275 g/mol. The molecule has 20 heavy (non-hydrogen) atoms. The van der Waals surface area contributed by atoms with Gasteiger partial charge in [0.2, 0.25) is 0 Å². The van der Waals surface area contributed by atoms with Gasteiger partial charge in [0.1, 0.15) is 0 Å². The van der Waals surface area contributed by atoms with E-state index in [9.17, 15) is 0 Å². The molecule has 0 aliphatic carbocycles. The molecule has 2 atom stereocenters. The van der Waals surface area contributed by atoms with Gasteiger partial charge in [0, 0.05) is 6.04 Å². The Morgan fingerprint density at radius 3 is 2.65 bits per heavy atom. The van der Waals surface area contributed by atoms with Crippen LogP contribution in [0.2, 0.25) is 0 Å². The molecule has 1 aromatic carbocycles. The van der Waals surface area contributed by atoms with Gasteiger partial charge in [-0.2, -0.15) is 0 Å². The zero-order chi connectivity index (χ0) is 14.4. The maximum atomic E-state index is 6.19. The molecule has 1 aromatic rings. The second-order valence-corrected chi connectivity index (χ2v) is 5.80. The molecule has 0 amide bonds. The molecule has 2 nitrogen and oxygen atoms in total. The zero-order valence-electron chi connectivity index (χ0n) is 13.2. The molecule has 0 spiro atoms. The fraction of sp³-hybridized carbons (Fsp3) is 0.667. The van der Waals surface area contributed by atoms with Crippen molar-refractivity contribution in [3.63, 3.8) is 0 Å². The molecule has 2 unspecified atom stereocenters. The summed E-state index contributed by atoms with van der Waals surface area (Å²) < 4.78 is 6.19. The highest BCUT2D eigenvalue weighted by molar-refractivity contribution is 5.32. The van der Waals surface area contributed by atoms with E-state index in [2.05, 4.69) is 50.4 Å². The molecule has 1 aliphatic heterocycles. The standard InChI is InChI=1S/C18H29NO/c1-4-12-19-17(14(5-2)6-3)18-16-10-8-7-9-15(16)11-13-20-18/h7-10,14,17-19H,4-6,11-13H2,1-3H3. The summed E-state index contributed by atoms with van der Waals surface area (Å²) in [5.41, 5.74) is 2.87. The predicted molar refractivity (Wildman–Crippen MR) is 85.0 cm³/mol. The molecule has 2 rings (SSSR count). The molecule has 1 heterocycles. The van der Waals surface area contributed by atoms with E-state index in [4.69, 9.17) is 4.74 Å². The monoisotopic (exact) mass is 275 g/mol. The summed E-state index contributed by atoms with van der Waals surface area (Å²) in [7, 11) is 0. The van der Waals surface area contributed by atoms with E-state index in [0.29, 0.717) is 12.0 Å². The van der Waals surface area contributed by atoms with Gasteiger partial charge in [-0.3, -0.25) is 0 Å². The predicted octanol–water partition coefficient (Wildman–Crippen LogP) is 4.10. The average Bonchev–Trinajstić information content (AvgIpc) is 2.51. The first-order chi connectivity index (χ1) is 9.81. The number of fused-ring (bicyclic) bond motifs is 1. The Morgan fingerprint density at radius 1 is 1.20 bits per heavy atom. The Hall–Kier alpha value is -0.860. The minimum Gasteiger partial charge on any atom is -0.372 e. The normalized spacial score (nSPS) is 19.9. The Labute approximate surface area is 123 Å². The van der Waals surface area contributed by atoms with Crippen molar-refractivity contribution < 1.29 is 4.74 Å². The number of hydrogen-bond donors (Lipinski definition) is 1. The lowest BCUT2D eigenvalue weighted by Crippen LogP contribution is -2.43. The van der Waals surface area contributed by atoms with Gasteiger partial charge in [-0.25, -0.2) is 0 Å². The second-order valence-electron chi connectivity index (χ2n) is 5.80. The van der Waals surface area contributed by atoms with Gasteiger partial charge in [-0.15, -0.1) is 0 Å². The van der Waals surface area contributed by atoms with E-state index in [-0.39, 0.29) is 6.10 Å². The van der Waals surface area contributed by atoms with Crippen LogP contribution in [0.3, 0.4) is 0 Å². The second kappa shape index (κ2) is 7.80. The number of benzene rings is 1. The zero-order valence-corrected chi connectivity index (χ0v) is 13.2. The van der Waals surface area contributed by atoms with Crippen molar-refractivity contribution in [2.24, 2.45) is 5.92 Å². The van der Waals surface area contributed by atoms with Crippen molar-refractivity contribution in [2.45, 2.75) is 58.6 Å². The summed E-state index contributed by atoms with van der Waals surface area (Å²) in [6.45, 7) is 8.75. The Morgan fingerprint density at radius 2 is 1.95 bits per heavy atom. The van der Waals surface area contributed by atoms with Gasteiger partial charge in [-0.05, 0) is 36.4 Å². The largest absolute Gasteiger partial charge is 0.372 e. The summed E-state index contributed by atoms with van der Waals surface area (Å²) in [6, 6.07) is 9.24. The van der Waals surface area contributed by atoms with E-state index < -0.39 is 0 Å². The van der Waals surface area contributed by atoms with Crippen molar-refractivity contribution in [1.29, 1.82) is 0 Å². The van der Waals surface area contributed by atoms with Crippen LogP contribution < -0.4 is 5.32 Å². The maximum absolute atomic E-state index is 6.19. The van der Waals surface area contributed by atoms with Gasteiger partial charge in [0.15, 0.2) is 0 Å². The van der Waals surface area contributed by atoms with Crippen molar-refractivity contribution in [1.82, 2.24) is 5.32 Å². The van der Waals surface area contributed by atoms with Crippen molar-refractivity contribution in [2.75, 3.05) is 13.2 Å². The molecule has 2 heteroatoms. The van der Waals surface area contributed by atoms with Crippen molar-refractivity contribution >= 4 is 0 Å². The lowest BCUT2D eigenvalue weighted by Gasteiger charge is -2.37. The Kier molecular flexibility index (Phi) is 6.06. The molecule has 112 valence electrons. The third kappa shape index (κ3) is 3.42. The van der Waals surface area contributed by atoms with Crippen LogP contribution in [0.5, 0.6) is 0 Å². The van der Waals surface area contributed by atoms with Gasteiger partial charge < -0.3 is 10.1 Å². The Bertz CT molecular complexity index is 400. The van der Waals surface area contributed by atoms with Crippen LogP contribution in [0.4, 0.5) is 0 Å². The first-order valence-electron chi connectivity index (χ1n) is 8.24. The number of ether oxygens (including phenoxy) is 1. The summed E-state index contributed by atoms with van der Waals surface area (Å²) in [6.07, 6.45) is 4.86. The molecule has 0 fully saturated rings. The van der Waals surface area contributed by atoms with Crippen LogP contribution in [-0.4, -0.2) is 19.2 Å². The fourth-order valence-corrected chi connectivity index (χ4v) is 3.35. The first-order valence-corrected chi connectivity index (χ1v) is 8.24. The minimum atomic E-state index is 0.219. The van der Waals surface area contributed by atoms with Crippen molar-refractivity contribution in [3.05, 3.63) is 35.4 Å². The smallest absolute Gasteiger partial charge is 0.0983 e. The number of hydrogen-bond acceptors (Lipinski definition) is 2. The van der Waals surface area contributed by atoms with Gasteiger partial charge in [-0.1, -0.05) is 57.9 Å². The van der Waals surface area contributed by atoms with Gasteiger partial charge in [0.25, 0.3) is 0 Å². The summed E-state index contributed by atoms with van der Waals surface area (Å²) in [5.74, 6) is 0.678. The van der Waals surface area contributed by atoms with E-state index >= 15 is 0 Å². The molecule has 0 radical (unpaired) electrons. The van der Waals surface area contributed by atoms with E-state index in [1.165, 1.54) is 30.4 Å². The highest BCUT2D eigenvalue weighted by Crippen LogP contribution is 2.34. The lowest BCUT2D eigenvalue weighted by molar-refractivity contribution is -0.00156. The van der Waals surface area contributed by atoms with Crippen LogP contribution >= 0.6 is 0 Å². The van der Waals surface area contributed by atoms with Crippen LogP contribution in [0.15, 0.2) is 24.3 Å². The fourth-order valence-electron chi connectivity index (χ4n) is 3.35.